The molecule has 0 atom stereocenters. The van der Waals surface area contributed by atoms with Crippen LogP contribution < -0.4 is 16.2 Å². The monoisotopic (exact) mass is 504 g/mol. The zero-order valence-electron chi connectivity index (χ0n) is 20.2. The smallest absolute Gasteiger partial charge is 0.338 e. The highest BCUT2D eigenvalue weighted by Crippen LogP contribution is 2.25. The van der Waals surface area contributed by atoms with E-state index < -0.39 is 23.3 Å². The molecule has 2 amide bonds. The van der Waals surface area contributed by atoms with Crippen molar-refractivity contribution in [2.75, 3.05) is 17.2 Å². The second-order valence-electron chi connectivity index (χ2n) is 8.09. The summed E-state index contributed by atoms with van der Waals surface area (Å²) in [6.07, 6.45) is 0. The number of aromatic nitrogens is 2. The van der Waals surface area contributed by atoms with Gasteiger partial charge in [-0.05, 0) is 69.2 Å². The SMILES string of the molecule is CCOC(=O)c1ccc(NC(=O)c2c(C(=O)Nc3cccc(C)c3C)sc3nc(C)cc(=O)n23)cc1. The number of amides is 2. The fourth-order valence-corrected chi connectivity index (χ4v) is 4.67. The number of carbonyl (C=O) groups excluding carboxylic acids is 3. The number of hydrogen-bond acceptors (Lipinski definition) is 7. The van der Waals surface area contributed by atoms with Crippen molar-refractivity contribution in [3.8, 4) is 0 Å². The van der Waals surface area contributed by atoms with Crippen LogP contribution in [0.5, 0.6) is 0 Å². The molecule has 4 rings (SSSR count). The van der Waals surface area contributed by atoms with Crippen molar-refractivity contribution >= 4 is 45.5 Å². The van der Waals surface area contributed by atoms with Crippen molar-refractivity contribution in [1.82, 2.24) is 9.38 Å². The number of fused-ring (bicyclic) bond motifs is 1. The van der Waals surface area contributed by atoms with E-state index in [1.165, 1.54) is 18.2 Å². The van der Waals surface area contributed by atoms with Gasteiger partial charge in [-0.3, -0.25) is 14.4 Å². The first kappa shape index (κ1) is 24.8. The van der Waals surface area contributed by atoms with Gasteiger partial charge in [-0.2, -0.15) is 0 Å². The number of ether oxygens (including phenoxy) is 1. The van der Waals surface area contributed by atoms with E-state index in [1.807, 2.05) is 26.0 Å². The lowest BCUT2D eigenvalue weighted by atomic mass is 10.1. The number of nitrogens with zero attached hydrogens (tertiary/aromatic N) is 2. The number of esters is 1. The van der Waals surface area contributed by atoms with Crippen LogP contribution in [0.25, 0.3) is 4.96 Å². The molecule has 0 unspecified atom stereocenters. The molecular formula is C26H24N4O5S. The maximum Gasteiger partial charge on any atom is 0.338 e. The Morgan fingerprint density at radius 1 is 1.00 bits per heavy atom. The molecule has 0 aliphatic carbocycles. The van der Waals surface area contributed by atoms with Crippen molar-refractivity contribution in [2.45, 2.75) is 27.7 Å². The molecule has 0 spiro atoms. The van der Waals surface area contributed by atoms with Crippen molar-refractivity contribution in [3.63, 3.8) is 0 Å². The lowest BCUT2D eigenvalue weighted by Crippen LogP contribution is -2.25. The molecule has 36 heavy (non-hydrogen) atoms. The van der Waals surface area contributed by atoms with Gasteiger partial charge in [0.2, 0.25) is 0 Å². The van der Waals surface area contributed by atoms with E-state index in [2.05, 4.69) is 15.6 Å². The molecular weight excluding hydrogens is 480 g/mol. The highest BCUT2D eigenvalue weighted by Gasteiger charge is 2.26. The van der Waals surface area contributed by atoms with Crippen LogP contribution in [-0.2, 0) is 4.74 Å². The number of nitrogens with one attached hydrogen (secondary N) is 2. The molecule has 184 valence electrons. The summed E-state index contributed by atoms with van der Waals surface area (Å²) in [6, 6.07) is 13.0. The zero-order chi connectivity index (χ0) is 26.0. The van der Waals surface area contributed by atoms with E-state index in [0.29, 0.717) is 22.6 Å². The van der Waals surface area contributed by atoms with Crippen molar-refractivity contribution in [2.24, 2.45) is 0 Å². The van der Waals surface area contributed by atoms with Crippen molar-refractivity contribution < 1.29 is 19.1 Å². The third-order valence-corrected chi connectivity index (χ3v) is 6.62. The van der Waals surface area contributed by atoms with E-state index in [-0.39, 0.29) is 22.1 Å². The second-order valence-corrected chi connectivity index (χ2v) is 9.06. The maximum atomic E-state index is 13.4. The number of benzene rings is 2. The minimum atomic E-state index is -0.663. The lowest BCUT2D eigenvalue weighted by molar-refractivity contribution is 0.0526. The molecule has 2 aromatic heterocycles. The van der Waals surface area contributed by atoms with Gasteiger partial charge in [0.15, 0.2) is 4.96 Å². The van der Waals surface area contributed by atoms with Gasteiger partial charge < -0.3 is 15.4 Å². The molecule has 2 N–H and O–H groups in total. The van der Waals surface area contributed by atoms with Gasteiger partial charge >= 0.3 is 5.97 Å². The molecule has 0 saturated heterocycles. The molecule has 4 aromatic rings. The normalized spacial score (nSPS) is 10.8. The lowest BCUT2D eigenvalue weighted by Gasteiger charge is -2.11. The van der Waals surface area contributed by atoms with Crippen LogP contribution in [0.4, 0.5) is 11.4 Å². The number of anilines is 2. The van der Waals surface area contributed by atoms with Crippen molar-refractivity contribution in [3.05, 3.63) is 91.8 Å². The Balaban J connectivity index is 1.72. The van der Waals surface area contributed by atoms with Crippen LogP contribution in [0.1, 0.15) is 54.3 Å². The predicted molar refractivity (Wildman–Crippen MR) is 138 cm³/mol. The van der Waals surface area contributed by atoms with Crippen LogP contribution in [0.15, 0.2) is 53.3 Å². The molecule has 10 heteroatoms. The van der Waals surface area contributed by atoms with Crippen LogP contribution in [-0.4, -0.2) is 33.8 Å². The van der Waals surface area contributed by atoms with Crippen LogP contribution in [0.2, 0.25) is 0 Å². The second kappa shape index (κ2) is 10.1. The first-order chi connectivity index (χ1) is 17.2. The fraction of sp³-hybridized carbons (Fsp3) is 0.192. The van der Waals surface area contributed by atoms with E-state index in [9.17, 15) is 19.2 Å². The number of thiazole rings is 1. The molecule has 2 heterocycles. The highest BCUT2D eigenvalue weighted by atomic mass is 32.1. The van der Waals surface area contributed by atoms with E-state index in [1.54, 1.807) is 32.0 Å². The van der Waals surface area contributed by atoms with Gasteiger partial charge in [-0.1, -0.05) is 23.5 Å². The highest BCUT2D eigenvalue weighted by molar-refractivity contribution is 7.19. The Morgan fingerprint density at radius 2 is 1.72 bits per heavy atom. The fourth-order valence-electron chi connectivity index (χ4n) is 3.60. The van der Waals surface area contributed by atoms with E-state index >= 15 is 0 Å². The predicted octanol–water partition coefficient (Wildman–Crippen LogP) is 4.36. The summed E-state index contributed by atoms with van der Waals surface area (Å²) in [4.78, 5) is 56.0. The Hall–Kier alpha value is -4.31. The maximum absolute atomic E-state index is 13.4. The summed E-state index contributed by atoms with van der Waals surface area (Å²) in [5, 5.41) is 5.55. The number of rotatable bonds is 6. The van der Waals surface area contributed by atoms with Gasteiger partial charge in [0, 0.05) is 23.1 Å². The third kappa shape index (κ3) is 4.89. The van der Waals surface area contributed by atoms with Crippen LogP contribution >= 0.6 is 11.3 Å². The summed E-state index contributed by atoms with van der Waals surface area (Å²) >= 11 is 0.958. The summed E-state index contributed by atoms with van der Waals surface area (Å²) < 4.78 is 6.11. The first-order valence-electron chi connectivity index (χ1n) is 11.2. The van der Waals surface area contributed by atoms with E-state index in [0.717, 1.165) is 26.9 Å². The standard InChI is InChI=1S/C26H24N4O5S/c1-5-35-25(34)17-9-11-18(12-10-17)28-23(32)21-22(36-26-27-15(3)13-20(31)30(21)26)24(33)29-19-8-6-7-14(2)16(19)4/h6-13H,5H2,1-4H3,(H,28,32)(H,29,33). The van der Waals surface area contributed by atoms with Gasteiger partial charge in [-0.25, -0.2) is 14.2 Å². The molecule has 0 radical (unpaired) electrons. The molecule has 2 aromatic carbocycles. The average molecular weight is 505 g/mol. The number of aryl methyl sites for hydroxylation is 2. The zero-order valence-corrected chi connectivity index (χ0v) is 21.0. The molecule has 0 aliphatic heterocycles. The minimum absolute atomic E-state index is 0.0479. The van der Waals surface area contributed by atoms with Crippen LogP contribution in [0, 0.1) is 20.8 Å². The molecule has 0 bridgehead atoms. The summed E-state index contributed by atoms with van der Waals surface area (Å²) in [5.74, 6) is -1.67. The van der Waals surface area contributed by atoms with Crippen LogP contribution in [0.3, 0.4) is 0 Å². The van der Waals surface area contributed by atoms with E-state index in [4.69, 9.17) is 4.74 Å². The Bertz CT molecular complexity index is 1550. The topological polar surface area (TPSA) is 119 Å². The third-order valence-electron chi connectivity index (χ3n) is 5.58. The first-order valence-corrected chi connectivity index (χ1v) is 12.0. The quantitative estimate of drug-likeness (QED) is 0.377. The van der Waals surface area contributed by atoms with Gasteiger partial charge in [-0.15, -0.1) is 0 Å². The summed E-state index contributed by atoms with van der Waals surface area (Å²) in [5.41, 5.74) is 3.10. The number of hydrogen-bond donors (Lipinski definition) is 2. The summed E-state index contributed by atoms with van der Waals surface area (Å²) in [6.45, 7) is 7.45. The molecule has 9 nitrogen and oxygen atoms in total. The Morgan fingerprint density at radius 3 is 2.42 bits per heavy atom. The Labute approximate surface area is 210 Å². The molecule has 0 fully saturated rings. The average Bonchev–Trinajstić information content (AvgIpc) is 3.22. The van der Waals surface area contributed by atoms with Gasteiger partial charge in [0.1, 0.15) is 10.6 Å². The minimum Gasteiger partial charge on any atom is -0.462 e. The van der Waals surface area contributed by atoms with Gasteiger partial charge in [0.25, 0.3) is 17.4 Å². The van der Waals surface area contributed by atoms with Crippen molar-refractivity contribution in [1.29, 1.82) is 0 Å². The largest absolute Gasteiger partial charge is 0.462 e. The van der Waals surface area contributed by atoms with Gasteiger partial charge in [0.05, 0.1) is 12.2 Å². The Kier molecular flexibility index (Phi) is 6.98. The molecule has 0 saturated carbocycles. The molecule has 0 aliphatic rings. The summed E-state index contributed by atoms with van der Waals surface area (Å²) in [7, 11) is 0. The number of carbonyl (C=O) groups is 3.